The second-order valence-corrected chi connectivity index (χ2v) is 7.27. The number of aromatic nitrogens is 4. The van der Waals surface area contributed by atoms with Gasteiger partial charge in [-0.15, -0.1) is 10.2 Å². The van der Waals surface area contributed by atoms with E-state index in [9.17, 15) is 13.6 Å². The fourth-order valence-electron chi connectivity index (χ4n) is 3.03. The molecule has 33 heavy (non-hydrogen) atoms. The van der Waals surface area contributed by atoms with Crippen LogP contribution in [0.3, 0.4) is 0 Å². The standard InChI is InChI=1S/C23H20F2N6O2/c1-13-14(2)30-31(15(13)3)21-10-11-22(29-28-21)33-18-7-5-17(6-8-18)26-23(32)27-20-9-4-16(24)12-19(20)25/h4-12H,1-3H3,(H2,26,27,32). The molecule has 2 aromatic heterocycles. The van der Waals surface area contributed by atoms with Gasteiger partial charge in [-0.1, -0.05) is 0 Å². The molecule has 10 heteroatoms. The number of rotatable bonds is 5. The van der Waals surface area contributed by atoms with Crippen molar-refractivity contribution in [2.75, 3.05) is 10.6 Å². The van der Waals surface area contributed by atoms with Crippen molar-refractivity contribution < 1.29 is 18.3 Å². The molecule has 2 heterocycles. The summed E-state index contributed by atoms with van der Waals surface area (Å²) in [6, 6.07) is 12.1. The lowest BCUT2D eigenvalue weighted by molar-refractivity contribution is 0.262. The molecule has 0 spiro atoms. The predicted octanol–water partition coefficient (Wildman–Crippen LogP) is 5.30. The largest absolute Gasteiger partial charge is 0.438 e. The lowest BCUT2D eigenvalue weighted by atomic mass is 10.2. The fraction of sp³-hybridized carbons (Fsp3) is 0.130. The Morgan fingerprint density at radius 1 is 0.939 bits per heavy atom. The summed E-state index contributed by atoms with van der Waals surface area (Å²) in [5.74, 6) is -0.236. The molecule has 0 aliphatic rings. The van der Waals surface area contributed by atoms with Crippen molar-refractivity contribution in [3.8, 4) is 17.4 Å². The molecule has 0 saturated carbocycles. The van der Waals surface area contributed by atoms with Crippen LogP contribution >= 0.6 is 0 Å². The van der Waals surface area contributed by atoms with Gasteiger partial charge in [-0.3, -0.25) is 0 Å². The summed E-state index contributed by atoms with van der Waals surface area (Å²) in [4.78, 5) is 12.1. The molecule has 0 radical (unpaired) electrons. The number of anilines is 2. The van der Waals surface area contributed by atoms with Gasteiger partial charge in [-0.25, -0.2) is 18.3 Å². The van der Waals surface area contributed by atoms with E-state index in [1.165, 1.54) is 0 Å². The van der Waals surface area contributed by atoms with Crippen LogP contribution in [-0.2, 0) is 0 Å². The molecular formula is C23H20F2N6O2. The van der Waals surface area contributed by atoms with E-state index in [4.69, 9.17) is 4.74 Å². The number of carbonyl (C=O) groups excluding carboxylic acids is 1. The molecule has 0 saturated heterocycles. The second-order valence-electron chi connectivity index (χ2n) is 7.27. The number of nitrogens with one attached hydrogen (secondary N) is 2. The van der Waals surface area contributed by atoms with Gasteiger partial charge >= 0.3 is 6.03 Å². The second kappa shape index (κ2) is 9.03. The molecule has 2 aromatic carbocycles. The Bertz CT molecular complexity index is 1300. The van der Waals surface area contributed by atoms with Crippen molar-refractivity contribution in [1.82, 2.24) is 20.0 Å². The van der Waals surface area contributed by atoms with E-state index >= 15 is 0 Å². The quantitative estimate of drug-likeness (QED) is 0.430. The van der Waals surface area contributed by atoms with E-state index in [1.807, 2.05) is 20.8 Å². The topological polar surface area (TPSA) is 94.0 Å². The zero-order valence-electron chi connectivity index (χ0n) is 18.1. The maximum Gasteiger partial charge on any atom is 0.323 e. The normalized spacial score (nSPS) is 10.7. The number of hydrogen-bond acceptors (Lipinski definition) is 5. The lowest BCUT2D eigenvalue weighted by Gasteiger charge is -2.10. The third kappa shape index (κ3) is 4.95. The summed E-state index contributed by atoms with van der Waals surface area (Å²) < 4.78 is 34.0. The van der Waals surface area contributed by atoms with Crippen LogP contribution < -0.4 is 15.4 Å². The highest BCUT2D eigenvalue weighted by Crippen LogP contribution is 2.23. The average Bonchev–Trinajstić information content (AvgIpc) is 3.05. The minimum atomic E-state index is -0.867. The molecule has 0 unspecified atom stereocenters. The van der Waals surface area contributed by atoms with Crippen LogP contribution in [0.1, 0.15) is 17.0 Å². The van der Waals surface area contributed by atoms with Gasteiger partial charge in [0.05, 0.1) is 11.4 Å². The molecule has 168 valence electrons. The number of halogens is 2. The van der Waals surface area contributed by atoms with E-state index < -0.39 is 17.7 Å². The SMILES string of the molecule is Cc1nn(-c2ccc(Oc3ccc(NC(=O)Nc4ccc(F)cc4F)cc3)nn2)c(C)c1C. The number of hydrogen-bond donors (Lipinski definition) is 2. The molecule has 4 rings (SSSR count). The Morgan fingerprint density at radius 2 is 1.70 bits per heavy atom. The van der Waals surface area contributed by atoms with Crippen LogP contribution in [0, 0.1) is 32.4 Å². The smallest absolute Gasteiger partial charge is 0.323 e. The van der Waals surface area contributed by atoms with E-state index in [0.717, 1.165) is 29.1 Å². The number of nitrogens with zero attached hydrogens (tertiary/aromatic N) is 4. The molecule has 0 bridgehead atoms. The number of carbonyl (C=O) groups is 1. The van der Waals surface area contributed by atoms with Crippen molar-refractivity contribution in [2.24, 2.45) is 0 Å². The third-order valence-corrected chi connectivity index (χ3v) is 5.01. The Morgan fingerprint density at radius 3 is 2.30 bits per heavy atom. The highest BCUT2D eigenvalue weighted by Gasteiger charge is 2.11. The van der Waals surface area contributed by atoms with Crippen molar-refractivity contribution in [1.29, 1.82) is 0 Å². The third-order valence-electron chi connectivity index (χ3n) is 5.01. The van der Waals surface area contributed by atoms with Crippen LogP contribution in [0.5, 0.6) is 11.6 Å². The van der Waals surface area contributed by atoms with Gasteiger partial charge in [0.15, 0.2) is 5.82 Å². The number of benzene rings is 2. The minimum absolute atomic E-state index is 0.133. The Kier molecular flexibility index (Phi) is 5.99. The first kappa shape index (κ1) is 21.9. The summed E-state index contributed by atoms with van der Waals surface area (Å²) in [6.45, 7) is 5.91. The van der Waals surface area contributed by atoms with Gasteiger partial charge in [0, 0.05) is 23.5 Å². The fourth-order valence-corrected chi connectivity index (χ4v) is 3.03. The van der Waals surface area contributed by atoms with Crippen LogP contribution in [0.25, 0.3) is 5.82 Å². The number of aryl methyl sites for hydroxylation is 1. The van der Waals surface area contributed by atoms with Crippen LogP contribution in [0.2, 0.25) is 0 Å². The first-order chi connectivity index (χ1) is 15.8. The van der Waals surface area contributed by atoms with Crippen molar-refractivity contribution in [2.45, 2.75) is 20.8 Å². The van der Waals surface area contributed by atoms with E-state index in [1.54, 1.807) is 41.1 Å². The van der Waals surface area contributed by atoms with Crippen molar-refractivity contribution in [3.63, 3.8) is 0 Å². The maximum absolute atomic E-state index is 13.7. The molecule has 2 N–H and O–H groups in total. The molecule has 0 aliphatic carbocycles. The first-order valence-electron chi connectivity index (χ1n) is 9.98. The Balaban J connectivity index is 1.37. The van der Waals surface area contributed by atoms with Crippen LogP contribution in [-0.4, -0.2) is 26.0 Å². The van der Waals surface area contributed by atoms with Crippen LogP contribution in [0.15, 0.2) is 54.6 Å². The average molecular weight is 450 g/mol. The van der Waals surface area contributed by atoms with E-state index in [0.29, 0.717) is 29.2 Å². The Hall–Kier alpha value is -4.34. The van der Waals surface area contributed by atoms with Crippen molar-refractivity contribution in [3.05, 3.63) is 83.2 Å². The van der Waals surface area contributed by atoms with Gasteiger partial charge in [0.25, 0.3) is 0 Å². The lowest BCUT2D eigenvalue weighted by Crippen LogP contribution is -2.20. The summed E-state index contributed by atoms with van der Waals surface area (Å²) in [5.41, 5.74) is 3.34. The molecule has 4 aromatic rings. The maximum atomic E-state index is 13.7. The predicted molar refractivity (Wildman–Crippen MR) is 119 cm³/mol. The van der Waals surface area contributed by atoms with E-state index in [2.05, 4.69) is 25.9 Å². The summed E-state index contributed by atoms with van der Waals surface area (Å²) >= 11 is 0. The molecule has 2 amide bonds. The first-order valence-corrected chi connectivity index (χ1v) is 9.98. The van der Waals surface area contributed by atoms with E-state index in [-0.39, 0.29) is 5.69 Å². The molecule has 0 aliphatic heterocycles. The number of amides is 2. The molecular weight excluding hydrogens is 430 g/mol. The van der Waals surface area contributed by atoms with Gasteiger partial charge in [-0.2, -0.15) is 5.10 Å². The van der Waals surface area contributed by atoms with Gasteiger partial charge < -0.3 is 15.4 Å². The number of ether oxygens (including phenoxy) is 1. The monoisotopic (exact) mass is 450 g/mol. The molecule has 0 atom stereocenters. The molecule has 0 fully saturated rings. The summed E-state index contributed by atoms with van der Waals surface area (Å²) in [7, 11) is 0. The van der Waals surface area contributed by atoms with Crippen molar-refractivity contribution >= 4 is 17.4 Å². The Labute approximate surface area is 188 Å². The van der Waals surface area contributed by atoms with Crippen LogP contribution in [0.4, 0.5) is 25.0 Å². The summed E-state index contributed by atoms with van der Waals surface area (Å²) in [5, 5.41) is 17.6. The zero-order valence-corrected chi connectivity index (χ0v) is 18.1. The highest BCUT2D eigenvalue weighted by molar-refractivity contribution is 5.99. The van der Waals surface area contributed by atoms with Gasteiger partial charge in [0.2, 0.25) is 5.88 Å². The highest BCUT2D eigenvalue weighted by atomic mass is 19.1. The summed E-state index contributed by atoms with van der Waals surface area (Å²) in [6.07, 6.45) is 0. The van der Waals surface area contributed by atoms with Gasteiger partial charge in [-0.05, 0) is 68.8 Å². The number of urea groups is 1. The molecule has 8 nitrogen and oxygen atoms in total. The van der Waals surface area contributed by atoms with Gasteiger partial charge in [0.1, 0.15) is 17.4 Å². The minimum Gasteiger partial charge on any atom is -0.438 e. The zero-order chi connectivity index (χ0) is 23.5.